The Bertz CT molecular complexity index is 810. The van der Waals surface area contributed by atoms with E-state index in [1.54, 1.807) is 27.9 Å². The van der Waals surface area contributed by atoms with Crippen LogP contribution in [0.5, 0.6) is 11.5 Å². The number of ether oxygens (including phenoxy) is 3. The first-order valence-electron chi connectivity index (χ1n) is 11.8. The van der Waals surface area contributed by atoms with Crippen molar-refractivity contribution in [1.29, 1.82) is 0 Å². The third-order valence-corrected chi connectivity index (χ3v) is 5.12. The maximum absolute atomic E-state index is 13.1. The maximum atomic E-state index is 13.1. The lowest BCUT2D eigenvalue weighted by Gasteiger charge is -2.31. The highest BCUT2D eigenvalue weighted by molar-refractivity contribution is 5.90. The van der Waals surface area contributed by atoms with Crippen molar-refractivity contribution in [3.8, 4) is 11.5 Å². The lowest BCUT2D eigenvalue weighted by molar-refractivity contribution is -0.157. The highest BCUT2D eigenvalue weighted by atomic mass is 16.6. The highest BCUT2D eigenvalue weighted by Crippen LogP contribution is 2.23. The zero-order valence-electron chi connectivity index (χ0n) is 21.9. The maximum Gasteiger partial charge on any atom is 0.307 e. The number of hydrogen-bond acceptors (Lipinski definition) is 6. The zero-order chi connectivity index (χ0) is 25.9. The minimum atomic E-state index is -0.720. The molecule has 0 saturated heterocycles. The number of methoxy groups -OCH3 is 1. The van der Waals surface area contributed by atoms with Crippen molar-refractivity contribution in [2.24, 2.45) is 11.3 Å². The molecular formula is C26H42N2O6. The van der Waals surface area contributed by atoms with Crippen molar-refractivity contribution in [2.75, 3.05) is 20.8 Å². The fourth-order valence-electron chi connectivity index (χ4n) is 3.36. The van der Waals surface area contributed by atoms with E-state index in [-0.39, 0.29) is 18.2 Å². The van der Waals surface area contributed by atoms with Crippen LogP contribution in [0, 0.1) is 11.3 Å². The Labute approximate surface area is 204 Å². The van der Waals surface area contributed by atoms with Gasteiger partial charge in [-0.3, -0.25) is 14.4 Å². The minimum absolute atomic E-state index is 0.0511. The van der Waals surface area contributed by atoms with E-state index in [1.807, 2.05) is 45.0 Å². The summed E-state index contributed by atoms with van der Waals surface area (Å²) in [6.45, 7) is 11.5. The van der Waals surface area contributed by atoms with Crippen molar-refractivity contribution >= 4 is 17.8 Å². The molecule has 0 heterocycles. The average Bonchev–Trinajstić information content (AvgIpc) is 2.73. The Morgan fingerprint density at radius 3 is 2.18 bits per heavy atom. The molecule has 0 unspecified atom stereocenters. The first-order chi connectivity index (χ1) is 15.8. The second-order valence-electron chi connectivity index (χ2n) is 10.4. The van der Waals surface area contributed by atoms with Crippen LogP contribution in [-0.4, -0.2) is 50.2 Å². The van der Waals surface area contributed by atoms with E-state index in [9.17, 15) is 14.4 Å². The topological polar surface area (TPSA) is 103 Å². The Hall–Kier alpha value is -2.77. The van der Waals surface area contributed by atoms with Gasteiger partial charge in [0.05, 0.1) is 20.1 Å². The van der Waals surface area contributed by atoms with E-state index in [0.29, 0.717) is 31.6 Å². The van der Waals surface area contributed by atoms with E-state index in [2.05, 4.69) is 10.6 Å². The van der Waals surface area contributed by atoms with E-state index in [4.69, 9.17) is 14.2 Å². The Morgan fingerprint density at radius 1 is 0.971 bits per heavy atom. The summed E-state index contributed by atoms with van der Waals surface area (Å²) in [5.74, 6) is -0.225. The van der Waals surface area contributed by atoms with Gasteiger partial charge in [0.2, 0.25) is 11.8 Å². The van der Waals surface area contributed by atoms with Gasteiger partial charge in [-0.15, -0.1) is 0 Å². The number of benzene rings is 1. The SMILES string of the molecule is CNC(=O)[C@@H](NC(=O)[C@@H](CCCCOc1cccc(OC)c1)CC(=O)OC(C)(C)C)C(C)(C)C. The summed E-state index contributed by atoms with van der Waals surface area (Å²) in [5.41, 5.74) is -1.13. The molecule has 8 nitrogen and oxygen atoms in total. The highest BCUT2D eigenvalue weighted by Gasteiger charge is 2.34. The number of unbranched alkanes of at least 4 members (excludes halogenated alkanes) is 1. The smallest absolute Gasteiger partial charge is 0.307 e. The fourth-order valence-corrected chi connectivity index (χ4v) is 3.36. The molecule has 0 bridgehead atoms. The molecule has 1 aromatic rings. The normalized spacial score (nSPS) is 13.4. The standard InChI is InChI=1S/C26H42N2O6/c1-25(2,3)22(24(31)27-7)28-23(30)18(16-21(29)34-26(4,5)6)12-9-10-15-33-20-14-11-13-19(17-20)32-8/h11,13-14,17-18,22H,9-10,12,15-16H2,1-8H3,(H,27,31)(H,28,30)/t18-,22+/m0/s1. The Balaban J connectivity index is 2.77. The summed E-state index contributed by atoms with van der Waals surface area (Å²) in [5, 5.41) is 5.45. The number of amides is 2. The van der Waals surface area contributed by atoms with Gasteiger partial charge < -0.3 is 24.8 Å². The van der Waals surface area contributed by atoms with E-state index in [1.165, 1.54) is 7.05 Å². The van der Waals surface area contributed by atoms with Crippen molar-refractivity contribution in [3.63, 3.8) is 0 Å². The molecule has 192 valence electrons. The van der Waals surface area contributed by atoms with Gasteiger partial charge in [-0.1, -0.05) is 26.8 Å². The molecule has 2 N–H and O–H groups in total. The van der Waals surface area contributed by atoms with Crippen molar-refractivity contribution in [2.45, 2.75) is 78.9 Å². The number of carbonyl (C=O) groups excluding carboxylic acids is 3. The number of nitrogens with one attached hydrogen (secondary N) is 2. The first-order valence-corrected chi connectivity index (χ1v) is 11.8. The molecule has 0 aliphatic carbocycles. The molecule has 2 amide bonds. The van der Waals surface area contributed by atoms with Gasteiger partial charge >= 0.3 is 5.97 Å². The van der Waals surface area contributed by atoms with Crippen LogP contribution in [0.2, 0.25) is 0 Å². The van der Waals surface area contributed by atoms with Crippen molar-refractivity contribution < 1.29 is 28.6 Å². The molecular weight excluding hydrogens is 436 g/mol. The largest absolute Gasteiger partial charge is 0.497 e. The van der Waals surface area contributed by atoms with E-state index >= 15 is 0 Å². The van der Waals surface area contributed by atoms with E-state index < -0.39 is 28.9 Å². The number of rotatable bonds is 12. The molecule has 1 rings (SSSR count). The second-order valence-corrected chi connectivity index (χ2v) is 10.4. The Morgan fingerprint density at radius 2 is 1.62 bits per heavy atom. The van der Waals surface area contributed by atoms with E-state index in [0.717, 1.165) is 5.75 Å². The Kier molecular flexibility index (Phi) is 11.4. The predicted molar refractivity (Wildman–Crippen MR) is 132 cm³/mol. The number of likely N-dealkylation sites (N-methyl/N-ethyl adjacent to an activating group) is 1. The zero-order valence-corrected chi connectivity index (χ0v) is 21.9. The average molecular weight is 479 g/mol. The molecule has 0 aromatic heterocycles. The molecule has 2 atom stereocenters. The van der Waals surface area contributed by atoms with Crippen LogP contribution in [0.4, 0.5) is 0 Å². The number of carbonyl (C=O) groups is 3. The van der Waals surface area contributed by atoms with Gasteiger partial charge in [-0.2, -0.15) is 0 Å². The first kappa shape index (κ1) is 29.3. The van der Waals surface area contributed by atoms with Crippen molar-refractivity contribution in [1.82, 2.24) is 10.6 Å². The molecule has 0 saturated carbocycles. The third-order valence-electron chi connectivity index (χ3n) is 5.12. The summed E-state index contributed by atoms with van der Waals surface area (Å²) < 4.78 is 16.4. The summed E-state index contributed by atoms with van der Waals surface area (Å²) in [6, 6.07) is 6.64. The second kappa shape index (κ2) is 13.2. The van der Waals surface area contributed by atoms with Gasteiger partial charge in [0.25, 0.3) is 0 Å². The fraction of sp³-hybridized carbons (Fsp3) is 0.654. The predicted octanol–water partition coefficient (Wildman–Crippen LogP) is 3.87. The van der Waals surface area contributed by atoms with Crippen LogP contribution in [0.25, 0.3) is 0 Å². The van der Waals surface area contributed by atoms with Crippen molar-refractivity contribution in [3.05, 3.63) is 24.3 Å². The van der Waals surface area contributed by atoms with Crippen LogP contribution < -0.4 is 20.1 Å². The molecule has 0 radical (unpaired) electrons. The van der Waals surface area contributed by atoms with Crippen LogP contribution in [0.15, 0.2) is 24.3 Å². The number of esters is 1. The quantitative estimate of drug-likeness (QED) is 0.349. The molecule has 0 aliphatic heterocycles. The number of hydrogen-bond donors (Lipinski definition) is 2. The summed E-state index contributed by atoms with van der Waals surface area (Å²) in [6.07, 6.45) is 1.79. The third kappa shape index (κ3) is 10.9. The van der Waals surface area contributed by atoms with Crippen LogP contribution in [0.1, 0.15) is 67.2 Å². The lowest BCUT2D eigenvalue weighted by Crippen LogP contribution is -2.54. The molecule has 1 aromatic carbocycles. The molecule has 0 aliphatic rings. The molecule has 0 spiro atoms. The minimum Gasteiger partial charge on any atom is -0.497 e. The summed E-state index contributed by atoms with van der Waals surface area (Å²) >= 11 is 0. The van der Waals surface area contributed by atoms with Gasteiger partial charge in [0, 0.05) is 19.0 Å². The summed E-state index contributed by atoms with van der Waals surface area (Å²) in [4.78, 5) is 38.0. The van der Waals surface area contributed by atoms with Gasteiger partial charge in [0.1, 0.15) is 23.1 Å². The molecule has 0 fully saturated rings. The van der Waals surface area contributed by atoms with Crippen LogP contribution in [0.3, 0.4) is 0 Å². The summed E-state index contributed by atoms with van der Waals surface area (Å²) in [7, 11) is 3.14. The van der Waals surface area contributed by atoms with Gasteiger partial charge in [-0.25, -0.2) is 0 Å². The van der Waals surface area contributed by atoms with Gasteiger partial charge in [-0.05, 0) is 57.6 Å². The monoisotopic (exact) mass is 478 g/mol. The van der Waals surface area contributed by atoms with Crippen LogP contribution >= 0.6 is 0 Å². The molecule has 8 heteroatoms. The lowest BCUT2D eigenvalue weighted by atomic mass is 9.85. The molecule has 34 heavy (non-hydrogen) atoms. The van der Waals surface area contributed by atoms with Crippen LogP contribution in [-0.2, 0) is 19.1 Å². The van der Waals surface area contributed by atoms with Gasteiger partial charge in [0.15, 0.2) is 0 Å².